The topological polar surface area (TPSA) is 47.6 Å². The number of ether oxygens (including phenoxy) is 2. The lowest BCUT2D eigenvalue weighted by atomic mass is 9.73. The second-order valence-electron chi connectivity index (χ2n) is 7.90. The molecule has 1 aliphatic heterocycles. The van der Waals surface area contributed by atoms with Crippen LogP contribution in [0, 0.1) is 13.8 Å². The van der Waals surface area contributed by atoms with Gasteiger partial charge < -0.3 is 14.8 Å². The molecular formula is C24H30ClNO3. The maximum absolute atomic E-state index is 13.5. The van der Waals surface area contributed by atoms with Gasteiger partial charge in [-0.15, -0.1) is 0 Å². The van der Waals surface area contributed by atoms with Gasteiger partial charge in [0.15, 0.2) is 0 Å². The van der Waals surface area contributed by atoms with Crippen molar-refractivity contribution in [1.29, 1.82) is 0 Å². The van der Waals surface area contributed by atoms with E-state index in [9.17, 15) is 4.79 Å². The summed E-state index contributed by atoms with van der Waals surface area (Å²) in [7, 11) is 0. The van der Waals surface area contributed by atoms with Crippen molar-refractivity contribution in [3.63, 3.8) is 0 Å². The number of anilines is 1. The molecule has 2 aromatic carbocycles. The molecule has 1 heterocycles. The molecule has 0 saturated carbocycles. The Bertz CT molecular complexity index is 851. The van der Waals surface area contributed by atoms with Crippen molar-refractivity contribution in [3.8, 4) is 5.75 Å². The zero-order valence-corrected chi connectivity index (χ0v) is 18.4. The highest BCUT2D eigenvalue weighted by molar-refractivity contribution is 6.31. The van der Waals surface area contributed by atoms with Crippen LogP contribution < -0.4 is 10.1 Å². The third-order valence-electron chi connectivity index (χ3n) is 5.78. The molecule has 0 aromatic heterocycles. The molecule has 0 radical (unpaired) electrons. The predicted molar refractivity (Wildman–Crippen MR) is 118 cm³/mol. The molecule has 1 aliphatic rings. The number of rotatable bonds is 6. The van der Waals surface area contributed by atoms with Crippen molar-refractivity contribution in [2.24, 2.45) is 0 Å². The van der Waals surface area contributed by atoms with E-state index in [0.717, 1.165) is 34.5 Å². The summed E-state index contributed by atoms with van der Waals surface area (Å²) in [5, 5.41) is 3.77. The highest BCUT2D eigenvalue weighted by Crippen LogP contribution is 2.40. The first-order valence-corrected chi connectivity index (χ1v) is 10.7. The molecule has 1 amide bonds. The van der Waals surface area contributed by atoms with Crippen LogP contribution in [0.4, 0.5) is 5.69 Å². The first-order valence-electron chi connectivity index (χ1n) is 10.3. The Hall–Kier alpha value is -2.04. The molecule has 1 saturated heterocycles. The van der Waals surface area contributed by atoms with Gasteiger partial charge >= 0.3 is 0 Å². The number of halogens is 1. The first-order chi connectivity index (χ1) is 13.9. The van der Waals surface area contributed by atoms with Crippen LogP contribution in [0.25, 0.3) is 0 Å². The normalized spacial score (nSPS) is 16.9. The summed E-state index contributed by atoms with van der Waals surface area (Å²) in [6.07, 6.45) is 2.31. The van der Waals surface area contributed by atoms with Gasteiger partial charge in [0, 0.05) is 23.9 Å². The molecule has 5 heteroatoms. The van der Waals surface area contributed by atoms with Crippen LogP contribution in [0.2, 0.25) is 5.02 Å². The first kappa shape index (κ1) is 21.7. The second kappa shape index (κ2) is 9.19. The highest BCUT2D eigenvalue weighted by atomic mass is 35.5. The standard InChI is InChI=1S/C24H30ClNO3/c1-5-18(4)29-22-16(2)14-19(15-17(22)3)26-23(27)24(10-12-28-13-11-24)20-8-6-7-9-21(20)25/h6-9,14-15,18H,5,10-13H2,1-4H3,(H,26,27)/t18-/m0/s1. The lowest BCUT2D eigenvalue weighted by Crippen LogP contribution is -2.45. The summed E-state index contributed by atoms with van der Waals surface area (Å²) in [5.41, 5.74) is 2.98. The minimum Gasteiger partial charge on any atom is -0.490 e. The minimum absolute atomic E-state index is 0.0386. The number of amides is 1. The van der Waals surface area contributed by atoms with E-state index in [2.05, 4.69) is 19.2 Å². The average molecular weight is 416 g/mol. The number of carbonyl (C=O) groups excluding carboxylic acids is 1. The van der Waals surface area contributed by atoms with E-state index in [-0.39, 0.29) is 12.0 Å². The molecule has 156 valence electrons. The average Bonchev–Trinajstić information content (AvgIpc) is 2.71. The summed E-state index contributed by atoms with van der Waals surface area (Å²) in [4.78, 5) is 13.5. The van der Waals surface area contributed by atoms with Gasteiger partial charge in [0.2, 0.25) is 5.91 Å². The molecule has 29 heavy (non-hydrogen) atoms. The Balaban J connectivity index is 1.90. The van der Waals surface area contributed by atoms with Crippen LogP contribution >= 0.6 is 11.6 Å². The molecule has 0 unspecified atom stereocenters. The highest BCUT2D eigenvalue weighted by Gasteiger charge is 2.43. The van der Waals surface area contributed by atoms with Crippen molar-refractivity contribution in [3.05, 3.63) is 58.1 Å². The van der Waals surface area contributed by atoms with E-state index >= 15 is 0 Å². The van der Waals surface area contributed by atoms with Crippen molar-refractivity contribution < 1.29 is 14.3 Å². The second-order valence-corrected chi connectivity index (χ2v) is 8.31. The Labute approximate surface area is 178 Å². The maximum Gasteiger partial charge on any atom is 0.235 e. The largest absolute Gasteiger partial charge is 0.490 e. The van der Waals surface area contributed by atoms with Crippen LogP contribution in [-0.2, 0) is 14.9 Å². The maximum atomic E-state index is 13.5. The van der Waals surface area contributed by atoms with Crippen LogP contribution in [0.15, 0.2) is 36.4 Å². The van der Waals surface area contributed by atoms with E-state index in [1.807, 2.05) is 50.2 Å². The van der Waals surface area contributed by atoms with Crippen molar-refractivity contribution in [1.82, 2.24) is 0 Å². The Morgan fingerprint density at radius 2 is 1.83 bits per heavy atom. The fourth-order valence-corrected chi connectivity index (χ4v) is 4.25. The van der Waals surface area contributed by atoms with E-state index in [4.69, 9.17) is 21.1 Å². The molecule has 4 nitrogen and oxygen atoms in total. The number of nitrogens with one attached hydrogen (secondary N) is 1. The monoisotopic (exact) mass is 415 g/mol. The smallest absolute Gasteiger partial charge is 0.235 e. The molecule has 0 bridgehead atoms. The van der Waals surface area contributed by atoms with Gasteiger partial charge in [0.1, 0.15) is 5.75 Å². The molecule has 2 aromatic rings. The Morgan fingerprint density at radius 3 is 2.41 bits per heavy atom. The fraction of sp³-hybridized carbons (Fsp3) is 0.458. The number of benzene rings is 2. The molecule has 0 aliphatic carbocycles. The van der Waals surface area contributed by atoms with Crippen molar-refractivity contribution >= 4 is 23.2 Å². The third kappa shape index (κ3) is 4.59. The third-order valence-corrected chi connectivity index (χ3v) is 6.11. The summed E-state index contributed by atoms with van der Waals surface area (Å²) < 4.78 is 11.6. The molecule has 1 fully saturated rings. The minimum atomic E-state index is -0.690. The van der Waals surface area contributed by atoms with Crippen LogP contribution in [0.5, 0.6) is 5.75 Å². The lowest BCUT2D eigenvalue weighted by Gasteiger charge is -2.36. The van der Waals surface area contributed by atoms with Gasteiger partial charge in [-0.05, 0) is 74.9 Å². The van der Waals surface area contributed by atoms with Crippen LogP contribution in [0.3, 0.4) is 0 Å². The summed E-state index contributed by atoms with van der Waals surface area (Å²) in [6.45, 7) is 9.27. The summed E-state index contributed by atoms with van der Waals surface area (Å²) in [5.74, 6) is 0.854. The number of carbonyl (C=O) groups is 1. The van der Waals surface area contributed by atoms with E-state index < -0.39 is 5.41 Å². The summed E-state index contributed by atoms with van der Waals surface area (Å²) in [6, 6.07) is 11.6. The fourth-order valence-electron chi connectivity index (χ4n) is 3.93. The van der Waals surface area contributed by atoms with E-state index in [1.165, 1.54) is 0 Å². The zero-order valence-electron chi connectivity index (χ0n) is 17.7. The molecular weight excluding hydrogens is 386 g/mol. The summed E-state index contributed by atoms with van der Waals surface area (Å²) >= 11 is 6.49. The molecule has 3 rings (SSSR count). The lowest BCUT2D eigenvalue weighted by molar-refractivity contribution is -0.125. The van der Waals surface area contributed by atoms with Gasteiger partial charge in [-0.1, -0.05) is 36.7 Å². The quantitative estimate of drug-likeness (QED) is 0.646. The van der Waals surface area contributed by atoms with E-state index in [1.54, 1.807) is 0 Å². The van der Waals surface area contributed by atoms with Gasteiger partial charge in [0.25, 0.3) is 0 Å². The van der Waals surface area contributed by atoms with Crippen LogP contribution in [-0.4, -0.2) is 25.2 Å². The SMILES string of the molecule is CC[C@H](C)Oc1c(C)cc(NC(=O)C2(c3ccccc3Cl)CCOCC2)cc1C. The van der Waals surface area contributed by atoms with Crippen molar-refractivity contribution in [2.45, 2.75) is 58.5 Å². The van der Waals surface area contributed by atoms with Gasteiger partial charge in [-0.25, -0.2) is 0 Å². The van der Waals surface area contributed by atoms with Gasteiger partial charge in [-0.3, -0.25) is 4.79 Å². The number of hydrogen-bond acceptors (Lipinski definition) is 3. The molecule has 1 atom stereocenters. The van der Waals surface area contributed by atoms with Crippen LogP contribution in [0.1, 0.15) is 49.8 Å². The Kier molecular flexibility index (Phi) is 6.86. The van der Waals surface area contributed by atoms with Gasteiger partial charge in [0.05, 0.1) is 11.5 Å². The van der Waals surface area contributed by atoms with E-state index in [0.29, 0.717) is 31.1 Å². The predicted octanol–water partition coefficient (Wildman–Crippen LogP) is 5.82. The molecule has 0 spiro atoms. The Morgan fingerprint density at radius 1 is 1.21 bits per heavy atom. The van der Waals surface area contributed by atoms with Crippen molar-refractivity contribution in [2.75, 3.05) is 18.5 Å². The zero-order chi connectivity index (χ0) is 21.0. The van der Waals surface area contributed by atoms with Gasteiger partial charge in [-0.2, -0.15) is 0 Å². The molecule has 1 N–H and O–H groups in total. The number of hydrogen-bond donors (Lipinski definition) is 1. The number of aryl methyl sites for hydroxylation is 2.